The summed E-state index contributed by atoms with van der Waals surface area (Å²) < 4.78 is 85.7. The first kappa shape index (κ1) is 83.8. The largest absolute Gasteiger partial charge is 0.351 e. The minimum Gasteiger partial charge on any atom is -0.351 e. The molecule has 13 nitrogen and oxygen atoms in total. The van der Waals surface area contributed by atoms with Gasteiger partial charge in [0.15, 0.2) is 0 Å². The number of fused-ring (bicyclic) bond motifs is 6. The summed E-state index contributed by atoms with van der Waals surface area (Å²) in [4.78, 5) is 82.5. The molecule has 6 fully saturated rings. The summed E-state index contributed by atoms with van der Waals surface area (Å²) in [5.74, 6) is -5.19. The number of benzene rings is 6. The fourth-order valence-corrected chi connectivity index (χ4v) is 20.8. The van der Waals surface area contributed by atoms with Crippen LogP contribution in [-0.2, 0) is 40.2 Å². The molecule has 0 radical (unpaired) electrons. The number of rotatable bonds is 9. The number of nitrogens with zero attached hydrogens (tertiary/aromatic N) is 7. The minimum absolute atomic E-state index is 0.00297. The first-order valence-corrected chi connectivity index (χ1v) is 41.6. The van der Waals surface area contributed by atoms with Crippen molar-refractivity contribution in [1.29, 1.82) is 0 Å². The first-order chi connectivity index (χ1) is 53.4. The maximum absolute atomic E-state index is 15.0. The molecule has 3 unspecified atom stereocenters. The van der Waals surface area contributed by atoms with Gasteiger partial charge in [0.2, 0.25) is 29.5 Å². The monoisotopic (exact) mass is 1570 g/mol. The third kappa shape index (κ3) is 16.0. The Hall–Kier alpha value is -8.13. The lowest BCUT2D eigenvalue weighted by molar-refractivity contribution is -0.139. The van der Waals surface area contributed by atoms with Crippen molar-refractivity contribution in [2.45, 2.75) is 238 Å². The van der Waals surface area contributed by atoms with Crippen molar-refractivity contribution in [3.05, 3.63) is 211 Å². The van der Waals surface area contributed by atoms with Crippen LogP contribution in [0, 0.1) is 80.4 Å². The predicted molar refractivity (Wildman–Crippen MR) is 439 cm³/mol. The second kappa shape index (κ2) is 31.4. The summed E-state index contributed by atoms with van der Waals surface area (Å²) in [6.45, 7) is 44.3. The molecule has 114 heavy (non-hydrogen) atoms. The van der Waals surface area contributed by atoms with Crippen LogP contribution in [0.1, 0.15) is 232 Å². The Labute approximate surface area is 672 Å². The van der Waals surface area contributed by atoms with Crippen molar-refractivity contribution < 1.29 is 50.3 Å². The highest BCUT2D eigenvalue weighted by molar-refractivity contribution is 6.09. The summed E-state index contributed by atoms with van der Waals surface area (Å²) >= 11 is 0. The molecule has 0 saturated carbocycles. The smallest absolute Gasteiger partial charge is 0.238 e. The number of carbonyl (C=O) groups excluding carboxylic acids is 5. The highest BCUT2D eigenvalue weighted by Gasteiger charge is 2.57. The molecule has 9 aliphatic rings. The third-order valence-electron chi connectivity index (χ3n) is 28.0. The lowest BCUT2D eigenvalue weighted by atomic mass is 9.71. The highest BCUT2D eigenvalue weighted by atomic mass is 19.2. The predicted octanol–water partition coefficient (Wildman–Crippen LogP) is 17.4. The van der Waals surface area contributed by atoms with Gasteiger partial charge in [0.25, 0.3) is 0 Å². The van der Waals surface area contributed by atoms with Gasteiger partial charge >= 0.3 is 0 Å². The number of carbonyl (C=O) groups is 5. The van der Waals surface area contributed by atoms with E-state index >= 15 is 4.39 Å². The average molecular weight is 1570 g/mol. The Kier molecular flexibility index (Phi) is 23.1. The number of piperidine rings is 3. The van der Waals surface area contributed by atoms with Crippen molar-refractivity contribution in [2.24, 2.45) is 17.8 Å². The standard InChI is InChI=1S/C35H47F2N3O2.C32H41F2N3O2.C28H32F2N2O/c1-21-15-26-29(16-22(21)2)35(18-30(26)34(7,8)38-23(3)41)11-13-39(14-12-35)32(42)28-20-40(33(4,5)6)19-27(28)25-10-9-24(36)17-31(25)37;1-19(2)37-28-15-21(4)20(3)14-26(28)32(30(37)39)10-12-35(13-11-32)29(38)25-18-36(31(5,6)7)17-24(25)23-9-8-22(33)16-27(23)34;1-27(2,3)32-17-22(21-9-8-20(29)16-25(21)30)23(18-32)26(33)31-14-12-28(13-15-31)11-10-19-6-4-5-7-24(19)28/h9-10,15-17,27-28,30H,11-14,18-20H2,1-8H3,(H,38,41);8-9,14-16,19,24-25H,10-13,17-18H2,1-7H3;4-11,16,22-23H,12-15,17-18H2,1-3H3/t27?,28-,30?;24?,25-;22-,23+/m110/s1. The van der Waals surface area contributed by atoms with E-state index in [0.717, 1.165) is 61.6 Å². The quantitative estimate of drug-likeness (QED) is 0.142. The molecule has 6 saturated heterocycles. The minimum atomic E-state index is -0.621. The number of aryl methyl sites for hydroxylation is 4. The van der Waals surface area contributed by atoms with Gasteiger partial charge in [-0.05, 0) is 259 Å². The van der Waals surface area contributed by atoms with E-state index in [1.54, 1.807) is 6.92 Å². The van der Waals surface area contributed by atoms with Crippen LogP contribution >= 0.6 is 0 Å². The van der Waals surface area contributed by atoms with Gasteiger partial charge in [0.05, 0.1) is 23.2 Å². The zero-order chi connectivity index (χ0) is 82.6. The lowest BCUT2D eigenvalue weighted by Gasteiger charge is -2.42. The number of likely N-dealkylation sites (tertiary alicyclic amines) is 6. The molecule has 19 heteroatoms. The van der Waals surface area contributed by atoms with E-state index in [4.69, 9.17) is 0 Å². The maximum atomic E-state index is 15.0. The van der Waals surface area contributed by atoms with Crippen molar-refractivity contribution >= 4 is 41.3 Å². The van der Waals surface area contributed by atoms with Gasteiger partial charge < -0.3 is 24.9 Å². The number of anilines is 1. The third-order valence-corrected chi connectivity index (χ3v) is 28.0. The molecule has 1 N–H and O–H groups in total. The number of hydrogen-bond donors (Lipinski definition) is 1. The SMILES string of the molecule is CC(=O)NC(C)(C)C1CC2(CCN(C(=O)[C@@H]3CN(C(C)(C)C)CC3c3ccc(F)cc3F)CC2)c2cc(C)c(C)cc21.CC(C)(C)N1C[C@@H](C(=O)N2CCC3(C=Cc4ccccc43)CC2)[C@H](c2ccc(F)cc2F)C1.Cc1cc2c(cc1C)C1(CCN(C(=O)[C@@H]3CN(C(C)(C)C)CC3c3ccc(F)cc3F)CC1)C(=O)N2C(C)C. The number of amides is 5. The van der Waals surface area contributed by atoms with E-state index in [1.807, 2.05) is 33.4 Å². The molecule has 7 heterocycles. The zero-order valence-corrected chi connectivity index (χ0v) is 70.5. The topological polar surface area (TPSA) is 120 Å². The fraction of sp³-hybridized carbons (Fsp3) is 0.547. The zero-order valence-electron chi connectivity index (χ0n) is 70.5. The van der Waals surface area contributed by atoms with Crippen molar-refractivity contribution in [3.8, 4) is 0 Å². The van der Waals surface area contributed by atoms with Crippen LogP contribution in [0.3, 0.4) is 0 Å². The van der Waals surface area contributed by atoms with Crippen LogP contribution in [0.25, 0.3) is 6.08 Å². The number of halogens is 6. The average Bonchev–Trinajstić information content (AvgIpc) is 1.54. The molecule has 612 valence electrons. The fourth-order valence-electron chi connectivity index (χ4n) is 20.8. The summed E-state index contributed by atoms with van der Waals surface area (Å²) in [5.41, 5.74) is 12.0. The Morgan fingerprint density at radius 3 is 1.25 bits per heavy atom. The van der Waals surface area contributed by atoms with Gasteiger partial charge in [0.1, 0.15) is 34.9 Å². The van der Waals surface area contributed by atoms with Crippen LogP contribution < -0.4 is 10.2 Å². The van der Waals surface area contributed by atoms with Crippen molar-refractivity contribution in [1.82, 2.24) is 34.7 Å². The number of nitrogens with one attached hydrogen (secondary N) is 1. The van der Waals surface area contributed by atoms with Crippen LogP contribution in [0.5, 0.6) is 0 Å². The van der Waals surface area contributed by atoms with Crippen LogP contribution in [0.2, 0.25) is 0 Å². The number of hydrogen-bond acceptors (Lipinski definition) is 8. The normalized spacial score (nSPS) is 24.0. The molecule has 0 bridgehead atoms. The Balaban J connectivity index is 0.000000150. The molecule has 2 aliphatic carbocycles. The van der Waals surface area contributed by atoms with E-state index in [9.17, 15) is 45.9 Å². The summed E-state index contributed by atoms with van der Waals surface area (Å²) in [7, 11) is 0. The molecule has 5 amide bonds. The Morgan fingerprint density at radius 2 is 0.842 bits per heavy atom. The molecule has 15 rings (SSSR count). The summed E-state index contributed by atoms with van der Waals surface area (Å²) in [6.07, 6.45) is 10.1. The van der Waals surface area contributed by atoms with Crippen molar-refractivity contribution in [2.75, 3.05) is 83.4 Å². The van der Waals surface area contributed by atoms with E-state index in [2.05, 4.69) is 185 Å². The van der Waals surface area contributed by atoms with Crippen LogP contribution in [0.4, 0.5) is 32.0 Å². The second-order valence-corrected chi connectivity index (χ2v) is 38.7. The molecule has 0 aromatic heterocycles. The van der Waals surface area contributed by atoms with Gasteiger partial charge in [-0.25, -0.2) is 26.3 Å². The molecular weight excluding hydrogens is 1450 g/mol. The van der Waals surface area contributed by atoms with Gasteiger partial charge in [-0.15, -0.1) is 0 Å². The lowest BCUT2D eigenvalue weighted by Crippen LogP contribution is -2.52. The van der Waals surface area contributed by atoms with Crippen molar-refractivity contribution in [3.63, 3.8) is 0 Å². The molecule has 7 aliphatic heterocycles. The molecule has 7 atom stereocenters. The molecule has 6 aromatic carbocycles. The van der Waals surface area contributed by atoms with E-state index in [1.165, 1.54) is 80.9 Å². The van der Waals surface area contributed by atoms with Crippen LogP contribution in [-0.4, -0.2) is 166 Å². The van der Waals surface area contributed by atoms with E-state index < -0.39 is 51.8 Å². The molecular formula is C95H120F6N8O5. The summed E-state index contributed by atoms with van der Waals surface area (Å²) in [6, 6.07) is 28.7. The van der Waals surface area contributed by atoms with Gasteiger partial charge in [-0.3, -0.25) is 38.7 Å². The highest BCUT2D eigenvalue weighted by Crippen LogP contribution is 2.57. The second-order valence-electron chi connectivity index (χ2n) is 38.7. The van der Waals surface area contributed by atoms with Crippen LogP contribution in [0.15, 0.2) is 109 Å². The molecule has 6 aromatic rings. The first-order valence-electron chi connectivity index (χ1n) is 41.6. The Bertz CT molecular complexity index is 4720. The van der Waals surface area contributed by atoms with E-state index in [0.29, 0.717) is 108 Å². The maximum Gasteiger partial charge on any atom is 0.238 e. The van der Waals surface area contributed by atoms with E-state index in [-0.39, 0.29) is 98.5 Å². The Morgan fingerprint density at radius 1 is 0.456 bits per heavy atom. The van der Waals surface area contributed by atoms with Gasteiger partial charge in [-0.2, -0.15) is 0 Å². The van der Waals surface area contributed by atoms with Gasteiger partial charge in [-0.1, -0.05) is 72.8 Å². The molecule has 3 spiro atoms. The number of allylic oxidation sites excluding steroid dienone is 1. The van der Waals surface area contributed by atoms with Gasteiger partial charge in [0, 0.05) is 167 Å². The summed E-state index contributed by atoms with van der Waals surface area (Å²) in [5, 5.41) is 3.20.